The summed E-state index contributed by atoms with van der Waals surface area (Å²) in [7, 11) is 0. The van der Waals surface area contributed by atoms with Gasteiger partial charge in [0.2, 0.25) is 0 Å². The minimum absolute atomic E-state index is 0.916. The molecule has 14 heavy (non-hydrogen) atoms. The van der Waals surface area contributed by atoms with E-state index in [2.05, 4.69) is 22.7 Å². The van der Waals surface area contributed by atoms with Crippen molar-refractivity contribution in [3.63, 3.8) is 0 Å². The third-order valence-electron chi connectivity index (χ3n) is 2.36. The summed E-state index contributed by atoms with van der Waals surface area (Å²) >= 11 is 0. The standard InChI is InChI=1S/C11H12N2O/c1-2-13-8-9(7-12-14)10-5-3-4-6-11(10)13/h3-8,14H,2H2,1H3/b12-7+. The summed E-state index contributed by atoms with van der Waals surface area (Å²) in [4.78, 5) is 0. The number of benzene rings is 1. The fraction of sp³-hybridized carbons (Fsp3) is 0.182. The van der Waals surface area contributed by atoms with Crippen LogP contribution in [0.2, 0.25) is 0 Å². The Morgan fingerprint density at radius 3 is 2.93 bits per heavy atom. The lowest BCUT2D eigenvalue weighted by Gasteiger charge is -1.97. The van der Waals surface area contributed by atoms with Crippen molar-refractivity contribution in [3.8, 4) is 0 Å². The van der Waals surface area contributed by atoms with E-state index in [9.17, 15) is 0 Å². The second-order valence-corrected chi connectivity index (χ2v) is 3.13. The van der Waals surface area contributed by atoms with Crippen LogP contribution in [0.1, 0.15) is 12.5 Å². The molecule has 0 amide bonds. The molecule has 3 nitrogen and oxygen atoms in total. The molecule has 0 atom stereocenters. The molecule has 0 bridgehead atoms. The fourth-order valence-corrected chi connectivity index (χ4v) is 1.70. The smallest absolute Gasteiger partial charge is 0.0755 e. The molecule has 1 aromatic carbocycles. The average Bonchev–Trinajstić information content (AvgIpc) is 2.58. The number of aromatic nitrogens is 1. The Morgan fingerprint density at radius 1 is 1.43 bits per heavy atom. The van der Waals surface area contributed by atoms with E-state index in [-0.39, 0.29) is 0 Å². The number of fused-ring (bicyclic) bond motifs is 1. The lowest BCUT2D eigenvalue weighted by molar-refractivity contribution is 0.322. The maximum Gasteiger partial charge on any atom is 0.0755 e. The van der Waals surface area contributed by atoms with E-state index in [0.29, 0.717) is 0 Å². The number of hydrogen-bond donors (Lipinski definition) is 1. The fourth-order valence-electron chi connectivity index (χ4n) is 1.70. The van der Waals surface area contributed by atoms with Crippen LogP contribution < -0.4 is 0 Å². The van der Waals surface area contributed by atoms with Gasteiger partial charge in [0.15, 0.2) is 0 Å². The minimum Gasteiger partial charge on any atom is -0.411 e. The predicted molar refractivity (Wildman–Crippen MR) is 57.0 cm³/mol. The summed E-state index contributed by atoms with van der Waals surface area (Å²) in [6.07, 6.45) is 3.46. The van der Waals surface area contributed by atoms with Gasteiger partial charge in [0.05, 0.1) is 6.21 Å². The molecule has 1 N–H and O–H groups in total. The molecule has 1 heterocycles. The van der Waals surface area contributed by atoms with Crippen LogP contribution in [0.4, 0.5) is 0 Å². The SMILES string of the molecule is CCn1cc(/C=N/O)c2ccccc21. The second-order valence-electron chi connectivity index (χ2n) is 3.13. The summed E-state index contributed by atoms with van der Waals surface area (Å²) in [6, 6.07) is 8.08. The maximum atomic E-state index is 8.52. The van der Waals surface area contributed by atoms with E-state index < -0.39 is 0 Å². The quantitative estimate of drug-likeness (QED) is 0.439. The average molecular weight is 188 g/mol. The van der Waals surface area contributed by atoms with E-state index >= 15 is 0 Å². The van der Waals surface area contributed by atoms with E-state index in [4.69, 9.17) is 5.21 Å². The summed E-state index contributed by atoms with van der Waals surface area (Å²) in [5.74, 6) is 0. The van der Waals surface area contributed by atoms with Crippen molar-refractivity contribution in [1.82, 2.24) is 4.57 Å². The molecule has 0 fully saturated rings. The van der Waals surface area contributed by atoms with Gasteiger partial charge in [-0.15, -0.1) is 0 Å². The first-order valence-electron chi connectivity index (χ1n) is 4.62. The maximum absolute atomic E-state index is 8.52. The van der Waals surface area contributed by atoms with Crippen molar-refractivity contribution in [1.29, 1.82) is 0 Å². The zero-order valence-corrected chi connectivity index (χ0v) is 8.01. The van der Waals surface area contributed by atoms with Crippen LogP contribution in [-0.4, -0.2) is 16.0 Å². The van der Waals surface area contributed by atoms with Gasteiger partial charge in [-0.2, -0.15) is 0 Å². The first kappa shape index (κ1) is 8.81. The summed E-state index contributed by atoms with van der Waals surface area (Å²) < 4.78 is 2.13. The van der Waals surface area contributed by atoms with Crippen molar-refractivity contribution >= 4 is 17.1 Å². The van der Waals surface area contributed by atoms with Crippen LogP contribution >= 0.6 is 0 Å². The highest BCUT2D eigenvalue weighted by Gasteiger charge is 2.04. The first-order valence-corrected chi connectivity index (χ1v) is 4.62. The van der Waals surface area contributed by atoms with E-state index in [1.807, 2.05) is 24.4 Å². The molecule has 0 unspecified atom stereocenters. The number of para-hydroxylation sites is 1. The normalized spacial score (nSPS) is 11.5. The highest BCUT2D eigenvalue weighted by molar-refractivity contribution is 5.99. The molecule has 0 radical (unpaired) electrons. The zero-order valence-electron chi connectivity index (χ0n) is 8.01. The van der Waals surface area contributed by atoms with Gasteiger partial charge in [-0.05, 0) is 13.0 Å². The minimum atomic E-state index is 0.916. The number of hydrogen-bond acceptors (Lipinski definition) is 2. The Balaban J connectivity index is 2.73. The van der Waals surface area contributed by atoms with Crippen LogP contribution in [0.15, 0.2) is 35.6 Å². The Labute approximate surface area is 82.3 Å². The Hall–Kier alpha value is -1.77. The van der Waals surface area contributed by atoms with Gasteiger partial charge < -0.3 is 9.77 Å². The highest BCUT2D eigenvalue weighted by atomic mass is 16.4. The highest BCUT2D eigenvalue weighted by Crippen LogP contribution is 2.19. The van der Waals surface area contributed by atoms with Crippen LogP contribution in [0.3, 0.4) is 0 Å². The third kappa shape index (κ3) is 1.27. The second kappa shape index (κ2) is 3.54. The Kier molecular flexibility index (Phi) is 2.23. The van der Waals surface area contributed by atoms with Crippen LogP contribution in [0.5, 0.6) is 0 Å². The number of oxime groups is 1. The molecule has 3 heteroatoms. The van der Waals surface area contributed by atoms with Gasteiger partial charge in [0.25, 0.3) is 0 Å². The van der Waals surface area contributed by atoms with Crippen molar-refractivity contribution in [2.24, 2.45) is 5.16 Å². The monoisotopic (exact) mass is 188 g/mol. The van der Waals surface area contributed by atoms with Crippen LogP contribution in [0.25, 0.3) is 10.9 Å². The topological polar surface area (TPSA) is 37.5 Å². The molecule has 0 saturated carbocycles. The molecule has 0 aliphatic carbocycles. The lowest BCUT2D eigenvalue weighted by Crippen LogP contribution is -1.89. The molecule has 1 aromatic heterocycles. The Morgan fingerprint density at radius 2 is 2.21 bits per heavy atom. The largest absolute Gasteiger partial charge is 0.411 e. The molecule has 0 aliphatic heterocycles. The van der Waals surface area contributed by atoms with Gasteiger partial charge in [-0.1, -0.05) is 23.4 Å². The van der Waals surface area contributed by atoms with Gasteiger partial charge in [0.1, 0.15) is 0 Å². The van der Waals surface area contributed by atoms with E-state index in [0.717, 1.165) is 17.5 Å². The van der Waals surface area contributed by atoms with Crippen molar-refractivity contribution < 1.29 is 5.21 Å². The molecule has 0 saturated heterocycles. The van der Waals surface area contributed by atoms with E-state index in [1.165, 1.54) is 11.7 Å². The van der Waals surface area contributed by atoms with Gasteiger partial charge in [-0.3, -0.25) is 0 Å². The van der Waals surface area contributed by atoms with Gasteiger partial charge in [-0.25, -0.2) is 0 Å². The lowest BCUT2D eigenvalue weighted by atomic mass is 10.2. The summed E-state index contributed by atoms with van der Waals surface area (Å²) in [5.41, 5.74) is 2.12. The molecule has 0 spiro atoms. The third-order valence-corrected chi connectivity index (χ3v) is 2.36. The number of rotatable bonds is 2. The first-order chi connectivity index (χ1) is 6.86. The molecule has 2 rings (SSSR count). The number of aryl methyl sites for hydroxylation is 1. The van der Waals surface area contributed by atoms with Crippen molar-refractivity contribution in [2.75, 3.05) is 0 Å². The Bertz CT molecular complexity index is 471. The van der Waals surface area contributed by atoms with Crippen molar-refractivity contribution in [3.05, 3.63) is 36.0 Å². The predicted octanol–water partition coefficient (Wildman–Crippen LogP) is 2.47. The molecule has 2 aromatic rings. The van der Waals surface area contributed by atoms with Crippen LogP contribution in [-0.2, 0) is 6.54 Å². The molecular formula is C11H12N2O. The molecule has 0 aliphatic rings. The summed E-state index contributed by atoms with van der Waals surface area (Å²) in [6.45, 7) is 3.01. The van der Waals surface area contributed by atoms with Gasteiger partial charge in [0, 0.05) is 29.2 Å². The molecular weight excluding hydrogens is 176 g/mol. The van der Waals surface area contributed by atoms with Crippen molar-refractivity contribution in [2.45, 2.75) is 13.5 Å². The zero-order chi connectivity index (χ0) is 9.97. The number of nitrogens with zero attached hydrogens (tertiary/aromatic N) is 2. The van der Waals surface area contributed by atoms with E-state index in [1.54, 1.807) is 0 Å². The van der Waals surface area contributed by atoms with Gasteiger partial charge >= 0.3 is 0 Å². The molecule has 72 valence electrons. The summed E-state index contributed by atoms with van der Waals surface area (Å²) in [5, 5.41) is 12.7. The van der Waals surface area contributed by atoms with Crippen LogP contribution in [0, 0.1) is 0 Å².